The van der Waals surface area contributed by atoms with Gasteiger partial charge in [0.25, 0.3) is 11.2 Å². The van der Waals surface area contributed by atoms with Gasteiger partial charge in [-0.15, -0.1) is 0 Å². The third kappa shape index (κ3) is 2.11. The maximum atomic E-state index is 12.7. The van der Waals surface area contributed by atoms with Crippen LogP contribution >= 0.6 is 0 Å². The van der Waals surface area contributed by atoms with E-state index < -0.39 is 16.2 Å². The molecule has 122 valence electrons. The van der Waals surface area contributed by atoms with E-state index in [4.69, 9.17) is 0 Å². The molecule has 0 spiro atoms. The summed E-state index contributed by atoms with van der Waals surface area (Å²) in [5.41, 5.74) is -0.395. The molecule has 2 aromatic heterocycles. The van der Waals surface area contributed by atoms with Gasteiger partial charge in [-0.05, 0) is 12.5 Å². The number of pyridine rings is 1. The van der Waals surface area contributed by atoms with Crippen LogP contribution in [0.15, 0.2) is 39.9 Å². The Morgan fingerprint density at radius 1 is 1.08 bits per heavy atom. The summed E-state index contributed by atoms with van der Waals surface area (Å²) >= 11 is 0. The number of nitro groups is 1. The molecular formula is C16H14N4O4. The standard InChI is InChI=1S/C16H14N4O4/c1-9-13(20(23)24)11(10-7-5-4-6-8-10)12-14(17-9)18(2)16(22)19(3)15(12)21/h4-8H,1-3H3. The van der Waals surface area contributed by atoms with Crippen LogP contribution in [-0.2, 0) is 14.1 Å². The molecule has 0 saturated carbocycles. The van der Waals surface area contributed by atoms with Crippen LogP contribution in [0.3, 0.4) is 0 Å². The Bertz CT molecular complexity index is 1100. The number of aryl methyl sites for hydroxylation is 2. The van der Waals surface area contributed by atoms with Crippen molar-refractivity contribution in [3.8, 4) is 11.1 Å². The number of nitrogens with zero attached hydrogens (tertiary/aromatic N) is 4. The largest absolute Gasteiger partial charge is 0.332 e. The van der Waals surface area contributed by atoms with Crippen LogP contribution in [0.1, 0.15) is 5.69 Å². The van der Waals surface area contributed by atoms with E-state index in [1.165, 1.54) is 25.6 Å². The smallest absolute Gasteiger partial charge is 0.280 e. The molecular weight excluding hydrogens is 312 g/mol. The van der Waals surface area contributed by atoms with Crippen LogP contribution in [-0.4, -0.2) is 19.0 Å². The van der Waals surface area contributed by atoms with E-state index in [2.05, 4.69) is 4.98 Å². The second-order valence-electron chi connectivity index (χ2n) is 5.45. The topological polar surface area (TPSA) is 100 Å². The molecule has 0 bridgehead atoms. The van der Waals surface area contributed by atoms with Crippen molar-refractivity contribution in [2.75, 3.05) is 0 Å². The molecule has 0 aliphatic rings. The summed E-state index contributed by atoms with van der Waals surface area (Å²) in [7, 11) is 2.82. The van der Waals surface area contributed by atoms with Crippen molar-refractivity contribution in [1.29, 1.82) is 0 Å². The van der Waals surface area contributed by atoms with Gasteiger partial charge in [-0.3, -0.25) is 24.0 Å². The summed E-state index contributed by atoms with van der Waals surface area (Å²) in [4.78, 5) is 40.0. The first-order valence-electron chi connectivity index (χ1n) is 7.14. The monoisotopic (exact) mass is 326 g/mol. The Labute approximate surface area is 135 Å². The molecule has 0 radical (unpaired) electrons. The number of fused-ring (bicyclic) bond motifs is 1. The summed E-state index contributed by atoms with van der Waals surface area (Å²) in [6.07, 6.45) is 0. The van der Waals surface area contributed by atoms with Gasteiger partial charge in [0.2, 0.25) is 0 Å². The third-order valence-corrected chi connectivity index (χ3v) is 3.98. The van der Waals surface area contributed by atoms with E-state index in [1.807, 2.05) is 0 Å². The minimum atomic E-state index is -0.609. The molecule has 0 amide bonds. The van der Waals surface area contributed by atoms with Crippen molar-refractivity contribution < 1.29 is 4.92 Å². The first-order valence-corrected chi connectivity index (χ1v) is 7.14. The van der Waals surface area contributed by atoms with Gasteiger partial charge >= 0.3 is 5.69 Å². The van der Waals surface area contributed by atoms with Crippen molar-refractivity contribution >= 4 is 16.7 Å². The van der Waals surface area contributed by atoms with Crippen LogP contribution < -0.4 is 11.2 Å². The molecule has 1 aromatic carbocycles. The first kappa shape index (κ1) is 15.6. The maximum Gasteiger partial charge on any atom is 0.332 e. The molecule has 2 heterocycles. The fourth-order valence-corrected chi connectivity index (χ4v) is 2.80. The molecule has 0 unspecified atom stereocenters. The molecule has 8 nitrogen and oxygen atoms in total. The van der Waals surface area contributed by atoms with Gasteiger partial charge in [0.15, 0.2) is 5.65 Å². The number of benzene rings is 1. The highest BCUT2D eigenvalue weighted by Crippen LogP contribution is 2.35. The zero-order valence-electron chi connectivity index (χ0n) is 13.3. The minimum Gasteiger partial charge on any atom is -0.280 e. The predicted molar refractivity (Wildman–Crippen MR) is 89.1 cm³/mol. The lowest BCUT2D eigenvalue weighted by Gasteiger charge is -2.12. The lowest BCUT2D eigenvalue weighted by molar-refractivity contribution is -0.384. The normalized spacial score (nSPS) is 11.0. The fraction of sp³-hybridized carbons (Fsp3) is 0.188. The number of hydrogen-bond donors (Lipinski definition) is 0. The van der Waals surface area contributed by atoms with E-state index in [0.29, 0.717) is 5.56 Å². The zero-order valence-corrected chi connectivity index (χ0v) is 13.3. The average molecular weight is 326 g/mol. The van der Waals surface area contributed by atoms with Gasteiger partial charge in [0.1, 0.15) is 5.69 Å². The van der Waals surface area contributed by atoms with Crippen LogP contribution in [0.4, 0.5) is 5.69 Å². The average Bonchev–Trinajstić information content (AvgIpc) is 2.57. The molecule has 24 heavy (non-hydrogen) atoms. The van der Waals surface area contributed by atoms with Gasteiger partial charge in [-0.25, -0.2) is 9.78 Å². The molecule has 0 aliphatic carbocycles. The summed E-state index contributed by atoms with van der Waals surface area (Å²) in [5, 5.41) is 11.7. The lowest BCUT2D eigenvalue weighted by Crippen LogP contribution is -2.37. The Morgan fingerprint density at radius 3 is 2.29 bits per heavy atom. The van der Waals surface area contributed by atoms with Gasteiger partial charge in [0.05, 0.1) is 15.9 Å². The summed E-state index contributed by atoms with van der Waals surface area (Å²) in [6, 6.07) is 8.61. The molecule has 0 N–H and O–H groups in total. The van der Waals surface area contributed by atoms with E-state index in [1.54, 1.807) is 30.3 Å². The summed E-state index contributed by atoms with van der Waals surface area (Å²) < 4.78 is 2.15. The minimum absolute atomic E-state index is 0.0584. The molecule has 3 aromatic rings. The van der Waals surface area contributed by atoms with Crippen LogP contribution in [0, 0.1) is 17.0 Å². The molecule has 0 atom stereocenters. The van der Waals surface area contributed by atoms with Gasteiger partial charge in [0, 0.05) is 14.1 Å². The number of rotatable bonds is 2. The van der Waals surface area contributed by atoms with Gasteiger partial charge < -0.3 is 0 Å². The highest BCUT2D eigenvalue weighted by Gasteiger charge is 2.27. The highest BCUT2D eigenvalue weighted by atomic mass is 16.6. The van der Waals surface area contributed by atoms with Crippen molar-refractivity contribution in [2.24, 2.45) is 14.1 Å². The van der Waals surface area contributed by atoms with Crippen molar-refractivity contribution in [1.82, 2.24) is 14.1 Å². The van der Waals surface area contributed by atoms with Gasteiger partial charge in [-0.1, -0.05) is 30.3 Å². The van der Waals surface area contributed by atoms with Crippen molar-refractivity contribution in [3.63, 3.8) is 0 Å². The first-order chi connectivity index (χ1) is 11.3. The number of aromatic nitrogens is 3. The summed E-state index contributed by atoms with van der Waals surface area (Å²) in [5.74, 6) is 0. The van der Waals surface area contributed by atoms with E-state index in [0.717, 1.165) is 4.57 Å². The van der Waals surface area contributed by atoms with Crippen LogP contribution in [0.2, 0.25) is 0 Å². The second-order valence-corrected chi connectivity index (χ2v) is 5.45. The van der Waals surface area contributed by atoms with Crippen LogP contribution in [0.25, 0.3) is 22.2 Å². The fourth-order valence-electron chi connectivity index (χ4n) is 2.80. The number of hydrogen-bond acceptors (Lipinski definition) is 5. The lowest BCUT2D eigenvalue weighted by atomic mass is 10.00. The molecule has 0 fully saturated rings. The summed E-state index contributed by atoms with van der Waals surface area (Å²) in [6.45, 7) is 1.49. The maximum absolute atomic E-state index is 12.7. The Morgan fingerprint density at radius 2 is 1.71 bits per heavy atom. The Balaban J connectivity index is 2.70. The van der Waals surface area contributed by atoms with Crippen molar-refractivity contribution in [2.45, 2.75) is 6.92 Å². The highest BCUT2D eigenvalue weighted by molar-refractivity contribution is 5.97. The molecule has 0 aliphatic heterocycles. The zero-order chi connectivity index (χ0) is 17.6. The Kier molecular flexibility index (Phi) is 3.52. The molecule has 0 saturated heterocycles. The SMILES string of the molecule is Cc1nc2c(c(-c3ccccc3)c1[N+](=O)[O-])c(=O)n(C)c(=O)n2C. The van der Waals surface area contributed by atoms with E-state index in [9.17, 15) is 19.7 Å². The van der Waals surface area contributed by atoms with Gasteiger partial charge in [-0.2, -0.15) is 0 Å². The van der Waals surface area contributed by atoms with Crippen LogP contribution in [0.5, 0.6) is 0 Å². The van der Waals surface area contributed by atoms with E-state index in [-0.39, 0.29) is 28.0 Å². The molecule has 3 rings (SSSR count). The Hall–Kier alpha value is -3.29. The predicted octanol–water partition coefficient (Wildman–Crippen LogP) is 1.52. The quantitative estimate of drug-likeness (QED) is 0.525. The second kappa shape index (κ2) is 5.41. The van der Waals surface area contributed by atoms with Crippen molar-refractivity contribution in [3.05, 3.63) is 67.0 Å². The third-order valence-electron chi connectivity index (χ3n) is 3.98. The molecule has 8 heteroatoms. The van der Waals surface area contributed by atoms with E-state index >= 15 is 0 Å².